The number of hydrogen-bond donors (Lipinski definition) is 1. The maximum absolute atomic E-state index is 13.4. The zero-order valence-corrected chi connectivity index (χ0v) is 19.1. The molecule has 0 aliphatic rings. The summed E-state index contributed by atoms with van der Waals surface area (Å²) in [6.07, 6.45) is 0. The average molecular weight is 487 g/mol. The first-order valence-corrected chi connectivity index (χ1v) is 11.5. The summed E-state index contributed by atoms with van der Waals surface area (Å²) in [7, 11) is 0. The van der Waals surface area contributed by atoms with Gasteiger partial charge in [0.15, 0.2) is 5.69 Å². The highest BCUT2D eigenvalue weighted by atomic mass is 32.1. The Morgan fingerprint density at radius 1 is 1.09 bits per heavy atom. The van der Waals surface area contributed by atoms with Gasteiger partial charge in [-0.2, -0.15) is 9.78 Å². The molecule has 10 heteroatoms. The minimum atomic E-state index is -0.808. The number of anilines is 1. The number of benzene rings is 2. The maximum atomic E-state index is 13.4. The summed E-state index contributed by atoms with van der Waals surface area (Å²) in [5.74, 6) is -1.44. The molecular formula is C25H17N3O6S. The Labute approximate surface area is 201 Å². The van der Waals surface area contributed by atoms with Crippen LogP contribution in [0.2, 0.25) is 0 Å². The van der Waals surface area contributed by atoms with Crippen LogP contribution in [0.25, 0.3) is 27.4 Å². The predicted octanol–water partition coefficient (Wildman–Crippen LogP) is 3.98. The number of thiophene rings is 1. The normalized spacial score (nSPS) is 11.0. The molecule has 1 N–H and O–H groups in total. The lowest BCUT2D eigenvalue weighted by Gasteiger charge is -2.10. The van der Waals surface area contributed by atoms with Gasteiger partial charge in [0.05, 0.1) is 17.7 Å². The summed E-state index contributed by atoms with van der Waals surface area (Å²) >= 11 is 1.04. The van der Waals surface area contributed by atoms with Crippen molar-refractivity contribution < 1.29 is 18.7 Å². The summed E-state index contributed by atoms with van der Waals surface area (Å²) < 4.78 is 11.5. The van der Waals surface area contributed by atoms with Crippen LogP contribution in [0.5, 0.6) is 0 Å². The van der Waals surface area contributed by atoms with E-state index in [1.807, 2.05) is 0 Å². The quantitative estimate of drug-likeness (QED) is 0.294. The van der Waals surface area contributed by atoms with E-state index in [1.165, 1.54) is 6.07 Å². The number of carbonyl (C=O) groups is 2. The summed E-state index contributed by atoms with van der Waals surface area (Å²) in [6, 6.07) is 16.8. The number of ether oxygens (including phenoxy) is 1. The molecule has 0 bridgehead atoms. The maximum Gasteiger partial charge on any atom is 0.359 e. The number of nitrogens with zero attached hydrogens (tertiary/aromatic N) is 2. The molecule has 0 spiro atoms. The van der Waals surface area contributed by atoms with Crippen LogP contribution in [-0.2, 0) is 4.74 Å². The average Bonchev–Trinajstić information content (AvgIpc) is 3.28. The monoisotopic (exact) mass is 487 g/mol. The molecule has 174 valence electrons. The number of rotatable bonds is 5. The lowest BCUT2D eigenvalue weighted by atomic mass is 10.1. The Kier molecular flexibility index (Phi) is 5.71. The molecule has 5 aromatic rings. The van der Waals surface area contributed by atoms with Gasteiger partial charge in [-0.1, -0.05) is 36.4 Å². The highest BCUT2D eigenvalue weighted by molar-refractivity contribution is 7.16. The third-order valence-electron chi connectivity index (χ3n) is 5.24. The van der Waals surface area contributed by atoms with Gasteiger partial charge in [0.1, 0.15) is 16.1 Å². The lowest BCUT2D eigenvalue weighted by Crippen LogP contribution is -2.26. The number of fused-ring (bicyclic) bond motifs is 2. The van der Waals surface area contributed by atoms with E-state index in [9.17, 15) is 19.2 Å². The van der Waals surface area contributed by atoms with Gasteiger partial charge in [-0.25, -0.2) is 9.59 Å². The molecule has 5 rings (SSSR count). The third-order valence-corrected chi connectivity index (χ3v) is 6.13. The molecule has 0 aliphatic carbocycles. The Morgan fingerprint density at radius 2 is 1.83 bits per heavy atom. The number of amides is 1. The number of carbonyl (C=O) groups excluding carboxylic acids is 2. The van der Waals surface area contributed by atoms with Crippen molar-refractivity contribution in [2.24, 2.45) is 0 Å². The summed E-state index contributed by atoms with van der Waals surface area (Å²) in [4.78, 5) is 51.5. The van der Waals surface area contributed by atoms with Crippen LogP contribution >= 0.6 is 11.3 Å². The molecule has 0 atom stereocenters. The Morgan fingerprint density at radius 3 is 2.60 bits per heavy atom. The fraction of sp³-hybridized carbons (Fsp3) is 0.0800. The van der Waals surface area contributed by atoms with Crippen molar-refractivity contribution >= 4 is 50.0 Å². The molecule has 0 aliphatic heterocycles. The van der Waals surface area contributed by atoms with Crippen molar-refractivity contribution in [2.75, 3.05) is 11.9 Å². The summed E-state index contributed by atoms with van der Waals surface area (Å²) in [5.41, 5.74) is -0.838. The van der Waals surface area contributed by atoms with Gasteiger partial charge >= 0.3 is 11.6 Å². The standard InChI is InChI=1S/C25H17N3O6S/c1-2-33-25(32)20-17-13-35-22(19(17)23(30)28(27-20)15-9-4-3-5-10-15)26-21(29)16-12-14-8-6-7-11-18(14)34-24(16)31/h3-13H,2H2,1H3,(H,26,29). The van der Waals surface area contributed by atoms with Gasteiger partial charge in [-0.15, -0.1) is 11.3 Å². The van der Waals surface area contributed by atoms with Crippen LogP contribution in [0.4, 0.5) is 5.00 Å². The third kappa shape index (κ3) is 4.00. The van der Waals surface area contributed by atoms with E-state index in [0.717, 1.165) is 16.0 Å². The largest absolute Gasteiger partial charge is 0.461 e. The summed E-state index contributed by atoms with van der Waals surface area (Å²) in [6.45, 7) is 1.79. The first kappa shape index (κ1) is 22.2. The minimum absolute atomic E-state index is 0.0627. The highest BCUT2D eigenvalue weighted by Gasteiger charge is 2.24. The molecule has 1 amide bonds. The second-order valence-corrected chi connectivity index (χ2v) is 8.29. The van der Waals surface area contributed by atoms with E-state index in [-0.39, 0.29) is 33.6 Å². The Bertz CT molecular complexity index is 1720. The van der Waals surface area contributed by atoms with Crippen molar-refractivity contribution in [3.63, 3.8) is 0 Å². The molecule has 3 heterocycles. The van der Waals surface area contributed by atoms with Crippen LogP contribution in [0, 0.1) is 0 Å². The summed E-state index contributed by atoms with van der Waals surface area (Å²) in [5, 5.41) is 9.49. The molecular weight excluding hydrogens is 470 g/mol. The molecule has 2 aromatic carbocycles. The SMILES string of the molecule is CCOC(=O)c1nn(-c2ccccc2)c(=O)c2c(NC(=O)c3cc4ccccc4oc3=O)scc12. The number of aromatic nitrogens is 2. The van der Waals surface area contributed by atoms with Crippen molar-refractivity contribution in [1.29, 1.82) is 0 Å². The second kappa shape index (κ2) is 8.99. The molecule has 35 heavy (non-hydrogen) atoms. The fourth-order valence-corrected chi connectivity index (χ4v) is 4.56. The van der Waals surface area contributed by atoms with Crippen LogP contribution in [0.3, 0.4) is 0 Å². The van der Waals surface area contributed by atoms with E-state index >= 15 is 0 Å². The molecule has 0 unspecified atom stereocenters. The second-order valence-electron chi connectivity index (χ2n) is 7.41. The van der Waals surface area contributed by atoms with Crippen LogP contribution in [0.15, 0.2) is 80.0 Å². The van der Waals surface area contributed by atoms with Crippen LogP contribution in [0.1, 0.15) is 27.8 Å². The van der Waals surface area contributed by atoms with Crippen molar-refractivity contribution in [3.8, 4) is 5.69 Å². The number of nitrogens with one attached hydrogen (secondary N) is 1. The number of esters is 1. The van der Waals surface area contributed by atoms with Gasteiger partial charge < -0.3 is 14.5 Å². The highest BCUT2D eigenvalue weighted by Crippen LogP contribution is 2.31. The number of para-hydroxylation sites is 2. The van der Waals surface area contributed by atoms with Crippen LogP contribution < -0.4 is 16.5 Å². The first-order chi connectivity index (χ1) is 17.0. The minimum Gasteiger partial charge on any atom is -0.461 e. The molecule has 0 fully saturated rings. The van der Waals surface area contributed by atoms with Crippen molar-refractivity contribution in [3.05, 3.63) is 98.1 Å². The predicted molar refractivity (Wildman–Crippen MR) is 132 cm³/mol. The van der Waals surface area contributed by atoms with E-state index in [4.69, 9.17) is 9.15 Å². The van der Waals surface area contributed by atoms with Crippen molar-refractivity contribution in [1.82, 2.24) is 9.78 Å². The molecule has 3 aromatic heterocycles. The van der Waals surface area contributed by atoms with E-state index in [2.05, 4.69) is 10.4 Å². The van der Waals surface area contributed by atoms with Gasteiger partial charge in [-0.05, 0) is 31.2 Å². The zero-order valence-electron chi connectivity index (χ0n) is 18.3. The Balaban J connectivity index is 1.65. The van der Waals surface area contributed by atoms with Gasteiger partial charge in [-0.3, -0.25) is 9.59 Å². The van der Waals surface area contributed by atoms with E-state index in [0.29, 0.717) is 16.7 Å². The van der Waals surface area contributed by atoms with Crippen LogP contribution in [-0.4, -0.2) is 28.3 Å². The van der Waals surface area contributed by atoms with Crippen molar-refractivity contribution in [2.45, 2.75) is 6.92 Å². The van der Waals surface area contributed by atoms with Gasteiger partial charge in [0.25, 0.3) is 11.5 Å². The number of hydrogen-bond acceptors (Lipinski definition) is 8. The Hall–Kier alpha value is -4.57. The van der Waals surface area contributed by atoms with Gasteiger partial charge in [0.2, 0.25) is 0 Å². The van der Waals surface area contributed by atoms with Gasteiger partial charge in [0, 0.05) is 16.2 Å². The van der Waals surface area contributed by atoms with E-state index < -0.39 is 23.1 Å². The molecule has 0 saturated heterocycles. The molecule has 0 radical (unpaired) electrons. The molecule has 0 saturated carbocycles. The fourth-order valence-electron chi connectivity index (χ4n) is 3.63. The lowest BCUT2D eigenvalue weighted by molar-refractivity contribution is 0.0520. The zero-order chi connectivity index (χ0) is 24.5. The first-order valence-electron chi connectivity index (χ1n) is 10.6. The topological polar surface area (TPSA) is 120 Å². The van der Waals surface area contributed by atoms with E-state index in [1.54, 1.807) is 66.9 Å². The smallest absolute Gasteiger partial charge is 0.359 e. The molecule has 9 nitrogen and oxygen atoms in total.